The molecular formula is C22H19FN2O2. The van der Waals surface area contributed by atoms with Gasteiger partial charge in [0.25, 0.3) is 5.91 Å². The van der Waals surface area contributed by atoms with E-state index < -0.39 is 0 Å². The first-order valence-electron chi connectivity index (χ1n) is 8.91. The van der Waals surface area contributed by atoms with E-state index in [0.717, 1.165) is 5.56 Å². The van der Waals surface area contributed by atoms with Crippen LogP contribution in [0.4, 0.5) is 4.39 Å². The standard InChI is InChI=1S/C22H19FN2O2/c23-20-14-17(6-8-19(20)16-4-2-1-3-5-16)21-9-7-18(15-24-21)22(26)25-10-12-27-13-11-25/h1-9,14-15H,10-13H2. The lowest BCUT2D eigenvalue weighted by Crippen LogP contribution is -2.40. The van der Waals surface area contributed by atoms with Crippen molar-refractivity contribution in [2.75, 3.05) is 26.3 Å². The van der Waals surface area contributed by atoms with Crippen LogP contribution in [0.15, 0.2) is 66.9 Å². The number of halogens is 1. The average molecular weight is 362 g/mol. The molecule has 3 aromatic rings. The molecule has 4 rings (SSSR count). The highest BCUT2D eigenvalue weighted by Crippen LogP contribution is 2.27. The van der Waals surface area contributed by atoms with Gasteiger partial charge >= 0.3 is 0 Å². The van der Waals surface area contributed by atoms with Crippen molar-refractivity contribution in [3.8, 4) is 22.4 Å². The lowest BCUT2D eigenvalue weighted by Gasteiger charge is -2.26. The van der Waals surface area contributed by atoms with Crippen molar-refractivity contribution in [1.29, 1.82) is 0 Å². The third kappa shape index (κ3) is 3.73. The van der Waals surface area contributed by atoms with Crippen LogP contribution < -0.4 is 0 Å². The second-order valence-electron chi connectivity index (χ2n) is 6.40. The van der Waals surface area contributed by atoms with Crippen molar-refractivity contribution in [2.45, 2.75) is 0 Å². The summed E-state index contributed by atoms with van der Waals surface area (Å²) in [4.78, 5) is 18.6. The molecule has 4 nitrogen and oxygen atoms in total. The molecule has 1 fully saturated rings. The summed E-state index contributed by atoms with van der Waals surface area (Å²) >= 11 is 0. The molecule has 27 heavy (non-hydrogen) atoms. The van der Waals surface area contributed by atoms with Crippen LogP contribution in [-0.4, -0.2) is 42.1 Å². The van der Waals surface area contributed by atoms with Gasteiger partial charge in [-0.3, -0.25) is 9.78 Å². The number of carbonyl (C=O) groups excluding carboxylic acids is 1. The summed E-state index contributed by atoms with van der Waals surface area (Å²) in [6.07, 6.45) is 1.55. The maximum absolute atomic E-state index is 14.6. The van der Waals surface area contributed by atoms with Crippen LogP contribution in [0.2, 0.25) is 0 Å². The van der Waals surface area contributed by atoms with Gasteiger partial charge in [0.2, 0.25) is 0 Å². The fourth-order valence-corrected chi connectivity index (χ4v) is 3.17. The molecule has 0 atom stereocenters. The topological polar surface area (TPSA) is 42.4 Å². The molecule has 1 aliphatic rings. The Morgan fingerprint density at radius 3 is 2.41 bits per heavy atom. The molecule has 1 saturated heterocycles. The van der Waals surface area contributed by atoms with E-state index in [4.69, 9.17) is 4.74 Å². The van der Waals surface area contributed by atoms with E-state index >= 15 is 0 Å². The molecule has 136 valence electrons. The number of nitrogens with zero attached hydrogens (tertiary/aromatic N) is 2. The van der Waals surface area contributed by atoms with Crippen molar-refractivity contribution in [1.82, 2.24) is 9.88 Å². The highest BCUT2D eigenvalue weighted by atomic mass is 19.1. The third-order valence-corrected chi connectivity index (χ3v) is 4.66. The second kappa shape index (κ2) is 7.68. The zero-order valence-electron chi connectivity index (χ0n) is 14.8. The van der Waals surface area contributed by atoms with Gasteiger partial charge in [-0.25, -0.2) is 4.39 Å². The van der Waals surface area contributed by atoms with Crippen molar-refractivity contribution in [2.24, 2.45) is 0 Å². The van der Waals surface area contributed by atoms with Gasteiger partial charge in [0.05, 0.1) is 24.5 Å². The van der Waals surface area contributed by atoms with Gasteiger partial charge < -0.3 is 9.64 Å². The molecule has 0 saturated carbocycles. The molecule has 0 spiro atoms. The predicted octanol–water partition coefficient (Wildman–Crippen LogP) is 4.03. The first-order chi connectivity index (χ1) is 13.2. The number of benzene rings is 2. The number of hydrogen-bond donors (Lipinski definition) is 0. The van der Waals surface area contributed by atoms with Gasteiger partial charge in [0.15, 0.2) is 0 Å². The maximum Gasteiger partial charge on any atom is 0.255 e. The smallest absolute Gasteiger partial charge is 0.255 e. The summed E-state index contributed by atoms with van der Waals surface area (Å²) in [6, 6.07) is 18.0. The fraction of sp³-hybridized carbons (Fsp3) is 0.182. The number of amides is 1. The van der Waals surface area contributed by atoms with Gasteiger partial charge in [-0.2, -0.15) is 0 Å². The highest BCUT2D eigenvalue weighted by molar-refractivity contribution is 5.94. The fourth-order valence-electron chi connectivity index (χ4n) is 3.17. The van der Waals surface area contributed by atoms with Crippen LogP contribution in [-0.2, 0) is 4.74 Å². The van der Waals surface area contributed by atoms with Gasteiger partial charge in [-0.15, -0.1) is 0 Å². The van der Waals surface area contributed by atoms with Crippen molar-refractivity contribution in [3.63, 3.8) is 0 Å². The first kappa shape index (κ1) is 17.4. The largest absolute Gasteiger partial charge is 0.378 e. The van der Waals surface area contributed by atoms with E-state index in [-0.39, 0.29) is 11.7 Å². The Kier molecular flexibility index (Phi) is 4.94. The van der Waals surface area contributed by atoms with Crippen LogP contribution in [0, 0.1) is 5.82 Å². The monoisotopic (exact) mass is 362 g/mol. The summed E-state index contributed by atoms with van der Waals surface area (Å²) in [6.45, 7) is 2.30. The third-order valence-electron chi connectivity index (χ3n) is 4.66. The van der Waals surface area contributed by atoms with E-state index in [1.54, 1.807) is 29.3 Å². The maximum atomic E-state index is 14.6. The van der Waals surface area contributed by atoms with Crippen LogP contribution >= 0.6 is 0 Å². The molecule has 5 heteroatoms. The van der Waals surface area contributed by atoms with Gasteiger partial charge in [-0.05, 0) is 23.8 Å². The van der Waals surface area contributed by atoms with Gasteiger partial charge in [-0.1, -0.05) is 42.5 Å². The first-order valence-corrected chi connectivity index (χ1v) is 8.91. The van der Waals surface area contributed by atoms with E-state index in [1.807, 2.05) is 36.4 Å². The Morgan fingerprint density at radius 2 is 1.74 bits per heavy atom. The number of rotatable bonds is 3. The summed E-state index contributed by atoms with van der Waals surface area (Å²) in [5, 5.41) is 0. The van der Waals surface area contributed by atoms with Crippen LogP contribution in [0.25, 0.3) is 22.4 Å². The summed E-state index contributed by atoms with van der Waals surface area (Å²) in [5.74, 6) is -0.350. The number of aromatic nitrogens is 1. The Balaban J connectivity index is 1.55. The molecule has 1 aromatic heterocycles. The minimum atomic E-state index is -0.297. The SMILES string of the molecule is O=C(c1ccc(-c2ccc(-c3ccccc3)c(F)c2)nc1)N1CCOCC1. The minimum absolute atomic E-state index is 0.0528. The lowest BCUT2D eigenvalue weighted by molar-refractivity contribution is 0.0302. The summed E-state index contributed by atoms with van der Waals surface area (Å²) in [5.41, 5.74) is 3.23. The Labute approximate surface area is 157 Å². The number of ether oxygens (including phenoxy) is 1. The molecule has 0 N–H and O–H groups in total. The van der Waals surface area contributed by atoms with Crippen molar-refractivity contribution in [3.05, 3.63) is 78.2 Å². The Hall–Kier alpha value is -3.05. The van der Waals surface area contributed by atoms with E-state index in [0.29, 0.717) is 48.7 Å². The quantitative estimate of drug-likeness (QED) is 0.707. The summed E-state index contributed by atoms with van der Waals surface area (Å²) < 4.78 is 19.8. The number of hydrogen-bond acceptors (Lipinski definition) is 3. The molecule has 1 amide bonds. The number of morpholine rings is 1. The van der Waals surface area contributed by atoms with E-state index in [1.165, 1.54) is 6.07 Å². The van der Waals surface area contributed by atoms with E-state index in [9.17, 15) is 9.18 Å². The van der Waals surface area contributed by atoms with E-state index in [2.05, 4.69) is 4.98 Å². The highest BCUT2D eigenvalue weighted by Gasteiger charge is 2.19. The molecule has 0 unspecified atom stereocenters. The molecule has 2 aromatic carbocycles. The molecule has 0 bridgehead atoms. The molecule has 2 heterocycles. The molecule has 0 aliphatic carbocycles. The molecule has 0 radical (unpaired) electrons. The Morgan fingerprint density at radius 1 is 0.963 bits per heavy atom. The lowest BCUT2D eigenvalue weighted by atomic mass is 10.0. The van der Waals surface area contributed by atoms with Crippen molar-refractivity contribution < 1.29 is 13.9 Å². The van der Waals surface area contributed by atoms with Crippen LogP contribution in [0.5, 0.6) is 0 Å². The predicted molar refractivity (Wildman–Crippen MR) is 102 cm³/mol. The molecular weight excluding hydrogens is 343 g/mol. The minimum Gasteiger partial charge on any atom is -0.378 e. The normalized spacial score (nSPS) is 14.2. The Bertz CT molecular complexity index is 936. The number of pyridine rings is 1. The van der Waals surface area contributed by atoms with Crippen LogP contribution in [0.1, 0.15) is 10.4 Å². The van der Waals surface area contributed by atoms with Gasteiger partial charge in [0, 0.05) is 30.4 Å². The summed E-state index contributed by atoms with van der Waals surface area (Å²) in [7, 11) is 0. The van der Waals surface area contributed by atoms with Gasteiger partial charge in [0.1, 0.15) is 5.82 Å². The van der Waals surface area contributed by atoms with Crippen LogP contribution in [0.3, 0.4) is 0 Å². The molecule has 1 aliphatic heterocycles. The zero-order chi connectivity index (χ0) is 18.6. The zero-order valence-corrected chi connectivity index (χ0v) is 14.8. The number of carbonyl (C=O) groups is 1. The van der Waals surface area contributed by atoms with Crippen molar-refractivity contribution >= 4 is 5.91 Å². The average Bonchev–Trinajstić information content (AvgIpc) is 2.74. The second-order valence-corrected chi connectivity index (χ2v) is 6.40.